The van der Waals surface area contributed by atoms with Gasteiger partial charge in [0.2, 0.25) is 0 Å². The van der Waals surface area contributed by atoms with Crippen LogP contribution in [0.2, 0.25) is 5.15 Å². The van der Waals surface area contributed by atoms with Crippen LogP contribution < -0.4 is 5.32 Å². The predicted molar refractivity (Wildman–Crippen MR) is 82.4 cm³/mol. The smallest absolute Gasteiger partial charge is 0.137 e. The molecular formula is C13H22ClN3OS. The minimum atomic E-state index is -0.784. The number of aryl methyl sites for hydroxylation is 1. The molecule has 0 saturated heterocycles. The van der Waals surface area contributed by atoms with E-state index in [1.165, 1.54) is 0 Å². The van der Waals surface area contributed by atoms with Crippen LogP contribution in [0.5, 0.6) is 0 Å². The van der Waals surface area contributed by atoms with Crippen LogP contribution in [0.15, 0.2) is 0 Å². The van der Waals surface area contributed by atoms with Gasteiger partial charge < -0.3 is 5.32 Å². The van der Waals surface area contributed by atoms with Gasteiger partial charge in [0.25, 0.3) is 0 Å². The number of hydrogen-bond donors (Lipinski definition) is 1. The highest BCUT2D eigenvalue weighted by atomic mass is 35.5. The molecule has 4 nitrogen and oxygen atoms in total. The lowest BCUT2D eigenvalue weighted by Crippen LogP contribution is -2.16. The van der Waals surface area contributed by atoms with Gasteiger partial charge >= 0.3 is 0 Å². The summed E-state index contributed by atoms with van der Waals surface area (Å²) in [5.41, 5.74) is 0.867. The third-order valence-electron chi connectivity index (χ3n) is 3.02. The van der Waals surface area contributed by atoms with Gasteiger partial charge in [0.1, 0.15) is 16.8 Å². The third-order valence-corrected chi connectivity index (χ3v) is 4.75. The Hall–Kier alpha value is -0.680. The van der Waals surface area contributed by atoms with E-state index in [2.05, 4.69) is 22.2 Å². The molecule has 19 heavy (non-hydrogen) atoms. The van der Waals surface area contributed by atoms with E-state index < -0.39 is 10.8 Å². The molecule has 0 aromatic carbocycles. The minimum absolute atomic E-state index is 0.181. The molecule has 0 radical (unpaired) electrons. The van der Waals surface area contributed by atoms with Crippen molar-refractivity contribution in [2.75, 3.05) is 18.1 Å². The summed E-state index contributed by atoms with van der Waals surface area (Å²) >= 11 is 6.11. The number of nitrogens with one attached hydrogen (secondary N) is 1. The van der Waals surface area contributed by atoms with E-state index in [1.807, 2.05) is 13.8 Å². The van der Waals surface area contributed by atoms with Crippen LogP contribution in [0.3, 0.4) is 0 Å². The Morgan fingerprint density at radius 1 is 1.42 bits per heavy atom. The highest BCUT2D eigenvalue weighted by Crippen LogP contribution is 2.20. The van der Waals surface area contributed by atoms with E-state index in [-0.39, 0.29) is 5.25 Å². The highest BCUT2D eigenvalue weighted by molar-refractivity contribution is 7.84. The molecule has 1 N–H and O–H groups in total. The summed E-state index contributed by atoms with van der Waals surface area (Å²) in [5, 5.41) is 3.96. The van der Waals surface area contributed by atoms with Gasteiger partial charge in [-0.1, -0.05) is 25.4 Å². The molecule has 0 aliphatic heterocycles. The van der Waals surface area contributed by atoms with E-state index in [0.29, 0.717) is 5.15 Å². The summed E-state index contributed by atoms with van der Waals surface area (Å²) in [6.45, 7) is 6.71. The van der Waals surface area contributed by atoms with Crippen molar-refractivity contribution >= 4 is 28.2 Å². The third kappa shape index (κ3) is 5.07. The average molecular weight is 304 g/mol. The molecule has 1 rings (SSSR count). The first-order valence-electron chi connectivity index (χ1n) is 6.54. The minimum Gasteiger partial charge on any atom is -0.370 e. The van der Waals surface area contributed by atoms with Crippen molar-refractivity contribution in [1.82, 2.24) is 9.97 Å². The summed E-state index contributed by atoms with van der Waals surface area (Å²) in [6, 6.07) is 0. The first-order chi connectivity index (χ1) is 8.95. The van der Waals surface area contributed by atoms with Crippen molar-refractivity contribution in [2.24, 2.45) is 0 Å². The Labute approximate surface area is 122 Å². The Balaban J connectivity index is 2.69. The number of hydrogen-bond acceptors (Lipinski definition) is 4. The van der Waals surface area contributed by atoms with E-state index in [4.69, 9.17) is 11.6 Å². The van der Waals surface area contributed by atoms with Crippen molar-refractivity contribution in [1.29, 1.82) is 0 Å². The zero-order valence-corrected chi connectivity index (χ0v) is 13.6. The summed E-state index contributed by atoms with van der Waals surface area (Å²) in [6.07, 6.45) is 4.39. The lowest BCUT2D eigenvalue weighted by Gasteiger charge is -2.13. The molecule has 0 fully saturated rings. The van der Waals surface area contributed by atoms with Crippen molar-refractivity contribution in [3.63, 3.8) is 0 Å². The topological polar surface area (TPSA) is 54.9 Å². The van der Waals surface area contributed by atoms with Crippen LogP contribution >= 0.6 is 11.6 Å². The van der Waals surface area contributed by atoms with Crippen molar-refractivity contribution in [2.45, 2.75) is 45.3 Å². The van der Waals surface area contributed by atoms with E-state index in [0.717, 1.165) is 43.0 Å². The van der Waals surface area contributed by atoms with Crippen LogP contribution in [-0.2, 0) is 17.2 Å². The second-order valence-corrected chi connectivity index (χ2v) is 6.84. The maximum Gasteiger partial charge on any atom is 0.137 e. The van der Waals surface area contributed by atoms with E-state index in [1.54, 1.807) is 6.26 Å². The summed E-state index contributed by atoms with van der Waals surface area (Å²) < 4.78 is 11.3. The van der Waals surface area contributed by atoms with Gasteiger partial charge in [-0.05, 0) is 19.8 Å². The molecular weight excluding hydrogens is 282 g/mol. The Morgan fingerprint density at radius 3 is 2.68 bits per heavy atom. The lowest BCUT2D eigenvalue weighted by molar-refractivity contribution is 0.672. The van der Waals surface area contributed by atoms with Gasteiger partial charge in [-0.25, -0.2) is 9.97 Å². The SMILES string of the molecule is CCCc1nc(Cl)c(C)c(NCCC(C)S(C)=O)n1. The van der Waals surface area contributed by atoms with Crippen LogP contribution in [0.25, 0.3) is 0 Å². The fraction of sp³-hybridized carbons (Fsp3) is 0.692. The van der Waals surface area contributed by atoms with Crippen LogP contribution in [0.4, 0.5) is 5.82 Å². The standard InChI is InChI=1S/C13H22ClN3OS/c1-5-6-11-16-12(14)10(3)13(17-11)15-8-7-9(2)19(4)18/h9H,5-8H2,1-4H3,(H,15,16,17). The number of anilines is 1. The van der Waals surface area contributed by atoms with Gasteiger partial charge in [0.05, 0.1) is 0 Å². The normalized spacial score (nSPS) is 14.2. The molecule has 1 heterocycles. The monoisotopic (exact) mass is 303 g/mol. The largest absolute Gasteiger partial charge is 0.370 e. The van der Waals surface area contributed by atoms with Crippen LogP contribution in [0, 0.1) is 6.92 Å². The van der Waals surface area contributed by atoms with Gasteiger partial charge in [0, 0.05) is 40.8 Å². The van der Waals surface area contributed by atoms with E-state index >= 15 is 0 Å². The number of nitrogens with zero attached hydrogens (tertiary/aromatic N) is 2. The second kappa shape index (κ2) is 7.80. The summed E-state index contributed by atoms with van der Waals surface area (Å²) in [4.78, 5) is 8.74. The molecule has 2 unspecified atom stereocenters. The molecule has 108 valence electrons. The number of halogens is 1. The quantitative estimate of drug-likeness (QED) is 0.787. The number of aromatic nitrogens is 2. The maximum atomic E-state index is 11.3. The molecule has 0 spiro atoms. The van der Waals surface area contributed by atoms with Crippen LogP contribution in [-0.4, -0.2) is 32.2 Å². The summed E-state index contributed by atoms with van der Waals surface area (Å²) in [5.74, 6) is 1.56. The van der Waals surface area contributed by atoms with E-state index in [9.17, 15) is 4.21 Å². The molecule has 1 aromatic heterocycles. The van der Waals surface area contributed by atoms with Crippen LogP contribution in [0.1, 0.15) is 38.1 Å². The Kier molecular flexibility index (Phi) is 6.72. The molecule has 1 aromatic rings. The fourth-order valence-corrected chi connectivity index (χ4v) is 2.24. The molecule has 0 amide bonds. The lowest BCUT2D eigenvalue weighted by atomic mass is 10.2. The Bertz CT molecular complexity index is 454. The zero-order chi connectivity index (χ0) is 14.4. The predicted octanol–water partition coefficient (Wildman–Crippen LogP) is 2.96. The Morgan fingerprint density at radius 2 is 2.11 bits per heavy atom. The molecule has 0 aliphatic carbocycles. The molecule has 0 aliphatic rings. The van der Waals surface area contributed by atoms with Crippen molar-refractivity contribution < 1.29 is 4.21 Å². The molecule has 0 bridgehead atoms. The number of rotatable bonds is 7. The van der Waals surface area contributed by atoms with Crippen molar-refractivity contribution in [3.8, 4) is 0 Å². The molecule has 6 heteroatoms. The van der Waals surface area contributed by atoms with Gasteiger partial charge in [-0.15, -0.1) is 0 Å². The van der Waals surface area contributed by atoms with Crippen molar-refractivity contribution in [3.05, 3.63) is 16.5 Å². The second-order valence-electron chi connectivity index (χ2n) is 4.68. The zero-order valence-electron chi connectivity index (χ0n) is 12.0. The molecule has 0 saturated carbocycles. The highest BCUT2D eigenvalue weighted by Gasteiger charge is 2.10. The first kappa shape index (κ1) is 16.4. The molecule has 2 atom stereocenters. The van der Waals surface area contributed by atoms with Gasteiger partial charge in [0.15, 0.2) is 0 Å². The fourth-order valence-electron chi connectivity index (χ4n) is 1.60. The average Bonchev–Trinajstić information content (AvgIpc) is 2.35. The first-order valence-corrected chi connectivity index (χ1v) is 8.54. The van der Waals surface area contributed by atoms with Gasteiger partial charge in [-0.3, -0.25) is 4.21 Å². The summed E-state index contributed by atoms with van der Waals surface area (Å²) in [7, 11) is -0.784. The maximum absolute atomic E-state index is 11.3. The van der Waals surface area contributed by atoms with Gasteiger partial charge in [-0.2, -0.15) is 0 Å².